The number of pyridine rings is 1. The first kappa shape index (κ1) is 11.9. The first-order valence-corrected chi connectivity index (χ1v) is 5.92. The van der Waals surface area contributed by atoms with Crippen LogP contribution in [0.3, 0.4) is 0 Å². The molecule has 1 aromatic heterocycles. The fourth-order valence-corrected chi connectivity index (χ4v) is 2.10. The van der Waals surface area contributed by atoms with Gasteiger partial charge in [0.1, 0.15) is 5.82 Å². The van der Waals surface area contributed by atoms with Crippen molar-refractivity contribution in [3.05, 3.63) is 34.9 Å². The molecule has 3 nitrogen and oxygen atoms in total. The number of aromatic nitrogens is 1. The van der Waals surface area contributed by atoms with Crippen LogP contribution in [0.5, 0.6) is 0 Å². The molecular weight excluding hydrogens is 210 g/mol. The Bertz CT molecular complexity index is 559. The molecule has 0 spiro atoms. The van der Waals surface area contributed by atoms with Gasteiger partial charge in [-0.15, -0.1) is 0 Å². The Kier molecular flexibility index (Phi) is 3.03. The van der Waals surface area contributed by atoms with E-state index in [1.165, 1.54) is 16.5 Å². The van der Waals surface area contributed by atoms with E-state index >= 15 is 0 Å². The van der Waals surface area contributed by atoms with E-state index in [1.54, 1.807) is 0 Å². The number of benzene rings is 1. The second-order valence-corrected chi connectivity index (χ2v) is 4.82. The Morgan fingerprint density at radius 3 is 2.41 bits per heavy atom. The smallest absolute Gasteiger partial charge is 0.144 e. The minimum atomic E-state index is 0.401. The van der Waals surface area contributed by atoms with Gasteiger partial charge in [-0.1, -0.05) is 26.0 Å². The number of hydrogen-bond donors (Lipinski definition) is 2. The molecule has 0 aliphatic rings. The van der Waals surface area contributed by atoms with Crippen molar-refractivity contribution in [2.24, 2.45) is 5.84 Å². The summed E-state index contributed by atoms with van der Waals surface area (Å²) in [6, 6.07) is 6.43. The summed E-state index contributed by atoms with van der Waals surface area (Å²) in [5.41, 5.74) is 7.33. The monoisotopic (exact) mass is 229 g/mol. The molecule has 2 aromatic rings. The largest absolute Gasteiger partial charge is 0.308 e. The van der Waals surface area contributed by atoms with E-state index in [9.17, 15) is 0 Å². The second-order valence-electron chi connectivity index (χ2n) is 4.82. The van der Waals surface area contributed by atoms with Gasteiger partial charge in [0.2, 0.25) is 0 Å². The summed E-state index contributed by atoms with van der Waals surface area (Å²) in [4.78, 5) is 4.64. The maximum Gasteiger partial charge on any atom is 0.144 e. The summed E-state index contributed by atoms with van der Waals surface area (Å²) in [6.45, 7) is 8.48. The molecule has 0 bridgehead atoms. The molecule has 0 radical (unpaired) electrons. The predicted molar refractivity (Wildman–Crippen MR) is 73.1 cm³/mol. The number of nitrogen functional groups attached to an aromatic ring is 1. The Morgan fingerprint density at radius 2 is 1.82 bits per heavy atom. The molecule has 1 aromatic carbocycles. The lowest BCUT2D eigenvalue weighted by Gasteiger charge is -2.14. The number of hydrazine groups is 1. The number of rotatable bonds is 2. The van der Waals surface area contributed by atoms with Crippen molar-refractivity contribution in [3.63, 3.8) is 0 Å². The van der Waals surface area contributed by atoms with Gasteiger partial charge < -0.3 is 5.43 Å². The van der Waals surface area contributed by atoms with E-state index in [-0.39, 0.29) is 0 Å². The number of nitrogens with two attached hydrogens (primary N) is 1. The second kappa shape index (κ2) is 4.34. The summed E-state index contributed by atoms with van der Waals surface area (Å²) in [6.07, 6.45) is 0. The third kappa shape index (κ3) is 1.98. The minimum absolute atomic E-state index is 0.401. The number of fused-ring (bicyclic) bond motifs is 1. The summed E-state index contributed by atoms with van der Waals surface area (Å²) in [5.74, 6) is 6.73. The summed E-state index contributed by atoms with van der Waals surface area (Å²) in [5, 5.41) is 1.22. The molecule has 17 heavy (non-hydrogen) atoms. The minimum Gasteiger partial charge on any atom is -0.308 e. The third-order valence-electron chi connectivity index (χ3n) is 3.19. The van der Waals surface area contributed by atoms with Crippen LogP contribution in [0.2, 0.25) is 0 Å². The predicted octanol–water partition coefficient (Wildman–Crippen LogP) is 3.26. The van der Waals surface area contributed by atoms with Crippen LogP contribution in [0.1, 0.15) is 36.5 Å². The van der Waals surface area contributed by atoms with Crippen LogP contribution >= 0.6 is 0 Å². The van der Waals surface area contributed by atoms with Crippen molar-refractivity contribution in [1.29, 1.82) is 0 Å². The standard InChI is InChI=1S/C14H19N3/c1-8(2)11-7-12-9(3)5-6-10(4)13(12)16-14(11)17-15/h5-8H,15H2,1-4H3,(H,16,17). The summed E-state index contributed by atoms with van der Waals surface area (Å²) in [7, 11) is 0. The Hall–Kier alpha value is -1.61. The maximum atomic E-state index is 5.56. The number of hydrogen-bond acceptors (Lipinski definition) is 3. The number of nitrogens with zero attached hydrogens (tertiary/aromatic N) is 1. The molecule has 0 saturated heterocycles. The van der Waals surface area contributed by atoms with Crippen LogP contribution in [0.4, 0.5) is 5.82 Å². The first-order valence-electron chi connectivity index (χ1n) is 5.92. The lowest BCUT2D eigenvalue weighted by molar-refractivity contribution is 0.862. The molecule has 90 valence electrons. The highest BCUT2D eigenvalue weighted by Crippen LogP contribution is 2.29. The first-order chi connectivity index (χ1) is 8.04. The molecular formula is C14H19N3. The lowest BCUT2D eigenvalue weighted by atomic mass is 9.98. The molecule has 1 heterocycles. The van der Waals surface area contributed by atoms with Gasteiger partial charge in [0.25, 0.3) is 0 Å². The number of aryl methyl sites for hydroxylation is 2. The topological polar surface area (TPSA) is 50.9 Å². The van der Waals surface area contributed by atoms with Crippen LogP contribution in [-0.2, 0) is 0 Å². The van der Waals surface area contributed by atoms with Crippen molar-refractivity contribution < 1.29 is 0 Å². The van der Waals surface area contributed by atoms with Gasteiger partial charge in [0.05, 0.1) is 5.52 Å². The Balaban J connectivity index is 2.83. The highest BCUT2D eigenvalue weighted by molar-refractivity contribution is 5.87. The van der Waals surface area contributed by atoms with E-state index in [0.29, 0.717) is 5.92 Å². The van der Waals surface area contributed by atoms with Crippen molar-refractivity contribution in [2.45, 2.75) is 33.6 Å². The highest BCUT2D eigenvalue weighted by atomic mass is 15.2. The van der Waals surface area contributed by atoms with Crippen LogP contribution in [0.15, 0.2) is 18.2 Å². The van der Waals surface area contributed by atoms with E-state index < -0.39 is 0 Å². The fourth-order valence-electron chi connectivity index (χ4n) is 2.10. The SMILES string of the molecule is Cc1ccc(C)c2nc(NN)c(C(C)C)cc12. The third-order valence-corrected chi connectivity index (χ3v) is 3.19. The molecule has 0 saturated carbocycles. The van der Waals surface area contributed by atoms with Crippen LogP contribution in [-0.4, -0.2) is 4.98 Å². The molecule has 0 fully saturated rings. The van der Waals surface area contributed by atoms with Crippen molar-refractivity contribution in [3.8, 4) is 0 Å². The zero-order valence-electron chi connectivity index (χ0n) is 10.8. The lowest BCUT2D eigenvalue weighted by Crippen LogP contribution is -2.12. The van der Waals surface area contributed by atoms with Gasteiger partial charge in [-0.05, 0) is 42.5 Å². The van der Waals surface area contributed by atoms with Crippen LogP contribution in [0, 0.1) is 13.8 Å². The maximum absolute atomic E-state index is 5.56. The van der Waals surface area contributed by atoms with Gasteiger partial charge in [0.15, 0.2) is 0 Å². The zero-order valence-corrected chi connectivity index (χ0v) is 10.8. The number of anilines is 1. The fraction of sp³-hybridized carbons (Fsp3) is 0.357. The normalized spacial score (nSPS) is 11.2. The van der Waals surface area contributed by atoms with E-state index in [0.717, 1.165) is 16.9 Å². The quantitative estimate of drug-likeness (QED) is 0.614. The zero-order chi connectivity index (χ0) is 12.6. The highest BCUT2D eigenvalue weighted by Gasteiger charge is 2.11. The Labute approximate surface area is 102 Å². The molecule has 0 amide bonds. The molecule has 0 aliphatic heterocycles. The summed E-state index contributed by atoms with van der Waals surface area (Å²) >= 11 is 0. The average molecular weight is 229 g/mol. The van der Waals surface area contributed by atoms with Gasteiger partial charge >= 0.3 is 0 Å². The molecule has 2 rings (SSSR count). The van der Waals surface area contributed by atoms with Gasteiger partial charge in [0, 0.05) is 5.39 Å². The van der Waals surface area contributed by atoms with Crippen LogP contribution < -0.4 is 11.3 Å². The van der Waals surface area contributed by atoms with Gasteiger partial charge in [-0.2, -0.15) is 0 Å². The molecule has 0 unspecified atom stereocenters. The van der Waals surface area contributed by atoms with Crippen molar-refractivity contribution >= 4 is 16.7 Å². The van der Waals surface area contributed by atoms with Crippen LogP contribution in [0.25, 0.3) is 10.9 Å². The Morgan fingerprint density at radius 1 is 1.18 bits per heavy atom. The van der Waals surface area contributed by atoms with Crippen molar-refractivity contribution in [1.82, 2.24) is 4.98 Å². The van der Waals surface area contributed by atoms with Gasteiger partial charge in [-0.25, -0.2) is 10.8 Å². The van der Waals surface area contributed by atoms with E-state index in [2.05, 4.69) is 56.3 Å². The van der Waals surface area contributed by atoms with Crippen molar-refractivity contribution in [2.75, 3.05) is 5.43 Å². The van der Waals surface area contributed by atoms with E-state index in [4.69, 9.17) is 5.84 Å². The number of nitrogens with one attached hydrogen (secondary N) is 1. The molecule has 0 atom stereocenters. The van der Waals surface area contributed by atoms with E-state index in [1.807, 2.05) is 0 Å². The molecule has 0 aliphatic carbocycles. The average Bonchev–Trinajstić information content (AvgIpc) is 2.32. The van der Waals surface area contributed by atoms with Gasteiger partial charge in [-0.3, -0.25) is 0 Å². The molecule has 3 heteroatoms. The summed E-state index contributed by atoms with van der Waals surface area (Å²) < 4.78 is 0. The molecule has 3 N–H and O–H groups in total.